The predicted molar refractivity (Wildman–Crippen MR) is 168 cm³/mol. The van der Waals surface area contributed by atoms with Gasteiger partial charge in [-0.3, -0.25) is 24.6 Å². The van der Waals surface area contributed by atoms with Crippen LogP contribution in [0.25, 0.3) is 0 Å². The van der Waals surface area contributed by atoms with Crippen molar-refractivity contribution in [1.82, 2.24) is 15.4 Å². The highest BCUT2D eigenvalue weighted by Crippen LogP contribution is 2.30. The number of hydrogen-bond acceptors (Lipinski definition) is 3. The van der Waals surface area contributed by atoms with Gasteiger partial charge >= 0.3 is 0 Å². The first-order chi connectivity index (χ1) is 20.1. The fourth-order valence-corrected chi connectivity index (χ4v) is 5.62. The molecule has 0 aliphatic heterocycles. The summed E-state index contributed by atoms with van der Waals surface area (Å²) in [6.45, 7) is 11.7. The molecule has 1 heterocycles. The summed E-state index contributed by atoms with van der Waals surface area (Å²) in [7, 11) is 0. The van der Waals surface area contributed by atoms with Gasteiger partial charge in [-0.05, 0) is 106 Å². The second-order valence-electron chi connectivity index (χ2n) is 11.5. The summed E-state index contributed by atoms with van der Waals surface area (Å²) in [6, 6.07) is 9.31. The van der Waals surface area contributed by atoms with E-state index >= 15 is 0 Å². The lowest BCUT2D eigenvalue weighted by atomic mass is 9.79. The van der Waals surface area contributed by atoms with Crippen LogP contribution in [-0.4, -0.2) is 32.8 Å². The quantitative estimate of drug-likeness (QED) is 0.0674. The number of Topliss-reactive ketones (excluding diaryl/α,β-unsaturated/α-hetero) is 3. The standard InChI is InChI=1S/C35H52FN3O3/c1-7-27-17-22-33(36)29(23-27)13-10-11-15-32(41)21-18-28(8-2)24(4)25(5)35(26(6)40)34(42)16-12-14-31-20-19-30(9-3)37-39-38-31/h17,19-20,22-24,28,37-39H,7-16,18,21H2,1-6H3/b35-25+. The minimum Gasteiger partial charge on any atom is -0.300 e. The summed E-state index contributed by atoms with van der Waals surface area (Å²) in [5.41, 5.74) is 5.06. The van der Waals surface area contributed by atoms with Crippen molar-refractivity contribution in [2.75, 3.05) is 0 Å². The van der Waals surface area contributed by atoms with E-state index in [0.29, 0.717) is 44.1 Å². The van der Waals surface area contributed by atoms with E-state index in [0.717, 1.165) is 66.6 Å². The van der Waals surface area contributed by atoms with Crippen LogP contribution >= 0.6 is 0 Å². The Labute approximate surface area is 251 Å². The third-order valence-electron chi connectivity index (χ3n) is 8.57. The number of H-pyrrole nitrogens is 3. The summed E-state index contributed by atoms with van der Waals surface area (Å²) >= 11 is 0. The zero-order valence-electron chi connectivity index (χ0n) is 26.6. The van der Waals surface area contributed by atoms with E-state index in [2.05, 4.69) is 43.1 Å². The molecule has 0 fully saturated rings. The molecule has 6 nitrogen and oxygen atoms in total. The van der Waals surface area contributed by atoms with Gasteiger partial charge in [0.05, 0.1) is 5.57 Å². The number of hydrogen-bond donors (Lipinski definition) is 3. The number of rotatable bonds is 19. The smallest absolute Gasteiger partial charge is 0.166 e. The van der Waals surface area contributed by atoms with Gasteiger partial charge in [-0.2, -0.15) is 0 Å². The van der Waals surface area contributed by atoms with Crippen molar-refractivity contribution in [3.05, 3.63) is 69.8 Å². The van der Waals surface area contributed by atoms with Gasteiger partial charge in [0.25, 0.3) is 0 Å². The van der Waals surface area contributed by atoms with Gasteiger partial charge in [0.2, 0.25) is 0 Å². The van der Waals surface area contributed by atoms with Gasteiger partial charge in [0.15, 0.2) is 11.6 Å². The predicted octanol–water partition coefficient (Wildman–Crippen LogP) is 8.28. The first kappa shape index (κ1) is 35.0. The lowest BCUT2D eigenvalue weighted by molar-refractivity contribution is -0.121. The lowest BCUT2D eigenvalue weighted by Gasteiger charge is -2.25. The molecule has 0 saturated heterocycles. The Kier molecular flexibility index (Phi) is 15.3. The topological polar surface area (TPSA) is 98.6 Å². The Balaban J connectivity index is 1.89. The minimum absolute atomic E-state index is 0.0265. The number of halogens is 1. The SMILES string of the molecule is CCc1ccc(F)c(CCCCC(=O)CCC(CC)C(C)/C(C)=C(\C(C)=O)C(=O)CCCc2ccc(CC)[nH][nH][nH]2)c1. The molecule has 2 rings (SSSR count). The van der Waals surface area contributed by atoms with E-state index in [4.69, 9.17) is 0 Å². The number of allylic oxidation sites excluding steroid dienone is 2. The molecule has 42 heavy (non-hydrogen) atoms. The molecule has 0 spiro atoms. The molecule has 0 saturated carbocycles. The van der Waals surface area contributed by atoms with Crippen LogP contribution in [0.5, 0.6) is 0 Å². The Hall–Kier alpha value is -3.22. The molecule has 0 aliphatic carbocycles. The third-order valence-corrected chi connectivity index (χ3v) is 8.57. The van der Waals surface area contributed by atoms with Crippen molar-refractivity contribution in [2.24, 2.45) is 11.8 Å². The lowest BCUT2D eigenvalue weighted by Crippen LogP contribution is -2.20. The Bertz CT molecular complexity index is 1250. The van der Waals surface area contributed by atoms with Crippen molar-refractivity contribution in [1.29, 1.82) is 0 Å². The molecule has 7 heteroatoms. The van der Waals surface area contributed by atoms with Crippen molar-refractivity contribution < 1.29 is 18.8 Å². The van der Waals surface area contributed by atoms with Crippen LogP contribution in [-0.2, 0) is 40.1 Å². The summed E-state index contributed by atoms with van der Waals surface area (Å²) in [6.07, 6.45) is 8.14. The first-order valence-electron chi connectivity index (χ1n) is 15.8. The highest BCUT2D eigenvalue weighted by Gasteiger charge is 2.25. The number of aromatic amines is 3. The van der Waals surface area contributed by atoms with E-state index in [-0.39, 0.29) is 35.0 Å². The van der Waals surface area contributed by atoms with Crippen LogP contribution in [0.2, 0.25) is 0 Å². The Morgan fingerprint density at radius 2 is 1.55 bits per heavy atom. The van der Waals surface area contributed by atoms with E-state index in [1.54, 1.807) is 0 Å². The molecular formula is C35H52FN3O3. The molecule has 1 aromatic carbocycles. The summed E-state index contributed by atoms with van der Waals surface area (Å²) in [5.74, 6) is -0.0101. The summed E-state index contributed by atoms with van der Waals surface area (Å²) in [5, 5.41) is 9.13. The van der Waals surface area contributed by atoms with Crippen molar-refractivity contribution in [2.45, 2.75) is 119 Å². The second kappa shape index (κ2) is 18.3. The maximum Gasteiger partial charge on any atom is 0.166 e. The van der Waals surface area contributed by atoms with Gasteiger partial charge in [0, 0.05) is 30.7 Å². The summed E-state index contributed by atoms with van der Waals surface area (Å²) in [4.78, 5) is 38.4. The van der Waals surface area contributed by atoms with Gasteiger partial charge < -0.3 is 0 Å². The largest absolute Gasteiger partial charge is 0.300 e. The van der Waals surface area contributed by atoms with Crippen LogP contribution in [0, 0.1) is 17.7 Å². The second-order valence-corrected chi connectivity index (χ2v) is 11.5. The molecule has 232 valence electrons. The van der Waals surface area contributed by atoms with Gasteiger partial charge in [-0.1, -0.05) is 51.8 Å². The maximum atomic E-state index is 14.1. The van der Waals surface area contributed by atoms with E-state index in [1.807, 2.05) is 31.2 Å². The number of ketones is 3. The molecule has 2 aromatic rings. The maximum absolute atomic E-state index is 14.1. The average molecular weight is 582 g/mol. The van der Waals surface area contributed by atoms with Gasteiger partial charge in [0.1, 0.15) is 11.6 Å². The highest BCUT2D eigenvalue weighted by molar-refractivity contribution is 6.19. The van der Waals surface area contributed by atoms with Crippen LogP contribution in [0.3, 0.4) is 0 Å². The Morgan fingerprint density at radius 3 is 2.21 bits per heavy atom. The molecule has 0 bridgehead atoms. The average Bonchev–Trinajstić information content (AvgIpc) is 3.21. The van der Waals surface area contributed by atoms with Gasteiger partial charge in [-0.15, -0.1) is 0 Å². The molecule has 2 unspecified atom stereocenters. The molecule has 0 aliphatic rings. The zero-order chi connectivity index (χ0) is 31.1. The molecular weight excluding hydrogens is 529 g/mol. The summed E-state index contributed by atoms with van der Waals surface area (Å²) < 4.78 is 14.1. The van der Waals surface area contributed by atoms with E-state index < -0.39 is 0 Å². The molecule has 2 atom stereocenters. The monoisotopic (exact) mass is 581 g/mol. The zero-order valence-corrected chi connectivity index (χ0v) is 26.6. The Morgan fingerprint density at radius 1 is 0.833 bits per heavy atom. The molecule has 0 radical (unpaired) electrons. The third kappa shape index (κ3) is 11.2. The number of benzene rings is 1. The number of aromatic nitrogens is 3. The van der Waals surface area contributed by atoms with Crippen LogP contribution < -0.4 is 0 Å². The van der Waals surface area contributed by atoms with E-state index in [9.17, 15) is 18.8 Å². The van der Waals surface area contributed by atoms with Crippen LogP contribution in [0.15, 0.2) is 41.5 Å². The van der Waals surface area contributed by atoms with Crippen LogP contribution in [0.4, 0.5) is 4.39 Å². The molecule has 0 amide bonds. The first-order valence-corrected chi connectivity index (χ1v) is 15.8. The van der Waals surface area contributed by atoms with Crippen molar-refractivity contribution in [3.63, 3.8) is 0 Å². The molecule has 3 N–H and O–H groups in total. The number of carbonyl (C=O) groups is 3. The minimum atomic E-state index is -0.190. The highest BCUT2D eigenvalue weighted by atomic mass is 19.1. The van der Waals surface area contributed by atoms with Crippen LogP contribution in [0.1, 0.15) is 115 Å². The van der Waals surface area contributed by atoms with Crippen molar-refractivity contribution in [3.8, 4) is 0 Å². The number of aryl methyl sites for hydroxylation is 4. The number of carbonyl (C=O) groups excluding carboxylic acids is 3. The van der Waals surface area contributed by atoms with Crippen molar-refractivity contribution >= 4 is 17.3 Å². The van der Waals surface area contributed by atoms with Gasteiger partial charge in [-0.25, -0.2) is 9.60 Å². The molecule has 1 aromatic heterocycles. The normalized spacial score (nSPS) is 13.3. The number of unbranched alkanes of at least 4 members (excludes halogenated alkanes) is 1. The number of nitrogens with one attached hydrogen (secondary N) is 3. The fraction of sp³-hybridized carbons (Fsp3) is 0.571. The fourth-order valence-electron chi connectivity index (χ4n) is 5.62. The van der Waals surface area contributed by atoms with E-state index in [1.165, 1.54) is 13.0 Å².